The lowest BCUT2D eigenvalue weighted by Crippen LogP contribution is -2.29. The van der Waals surface area contributed by atoms with Crippen molar-refractivity contribution in [3.05, 3.63) is 84.1 Å². The summed E-state index contributed by atoms with van der Waals surface area (Å²) in [6.45, 7) is -0.151. The number of rotatable bonds is 5. The third-order valence-electron chi connectivity index (χ3n) is 3.80. The summed E-state index contributed by atoms with van der Waals surface area (Å²) in [5.41, 5.74) is 2.68. The Morgan fingerprint density at radius 2 is 1.83 bits per heavy atom. The Morgan fingerprint density at radius 1 is 1.08 bits per heavy atom. The van der Waals surface area contributed by atoms with E-state index in [-0.39, 0.29) is 12.5 Å². The average molecular weight is 318 g/mol. The highest BCUT2D eigenvalue weighted by Crippen LogP contribution is 2.17. The minimum atomic E-state index is -0.419. The number of hydrogen-bond acceptors (Lipinski definition) is 3. The fourth-order valence-electron chi connectivity index (χ4n) is 2.57. The second kappa shape index (κ2) is 7.53. The number of hydrogen-bond donors (Lipinski definition) is 2. The van der Waals surface area contributed by atoms with Gasteiger partial charge in [-0.15, -0.1) is 0 Å². The van der Waals surface area contributed by atoms with Gasteiger partial charge in [0.15, 0.2) is 0 Å². The number of amides is 1. The van der Waals surface area contributed by atoms with Crippen LogP contribution < -0.4 is 5.32 Å². The second-order valence-corrected chi connectivity index (χ2v) is 5.41. The Bertz CT molecular complexity index is 854. The van der Waals surface area contributed by atoms with Crippen LogP contribution in [-0.2, 0) is 4.79 Å². The van der Waals surface area contributed by atoms with Crippen LogP contribution in [0.25, 0.3) is 17.0 Å². The van der Waals surface area contributed by atoms with Crippen molar-refractivity contribution in [3.8, 4) is 0 Å². The molecule has 0 spiro atoms. The van der Waals surface area contributed by atoms with E-state index in [0.717, 1.165) is 22.0 Å². The van der Waals surface area contributed by atoms with Gasteiger partial charge in [0.1, 0.15) is 0 Å². The molecule has 0 saturated heterocycles. The fraction of sp³-hybridized carbons (Fsp3) is 0.100. The first-order valence-corrected chi connectivity index (χ1v) is 7.76. The first-order chi connectivity index (χ1) is 11.8. The molecule has 0 aliphatic carbocycles. The van der Waals surface area contributed by atoms with Crippen LogP contribution in [0.4, 0.5) is 0 Å². The van der Waals surface area contributed by atoms with Gasteiger partial charge in [0, 0.05) is 17.7 Å². The minimum absolute atomic E-state index is 0.151. The van der Waals surface area contributed by atoms with Crippen LogP contribution in [-0.4, -0.2) is 22.6 Å². The normalized spacial score (nSPS) is 12.4. The molecule has 0 fully saturated rings. The van der Waals surface area contributed by atoms with Gasteiger partial charge < -0.3 is 10.4 Å². The van der Waals surface area contributed by atoms with Crippen molar-refractivity contribution in [2.45, 2.75) is 6.04 Å². The van der Waals surface area contributed by atoms with Gasteiger partial charge in [0.05, 0.1) is 18.2 Å². The number of aliphatic hydroxyl groups is 1. The summed E-state index contributed by atoms with van der Waals surface area (Å²) >= 11 is 0. The van der Waals surface area contributed by atoms with Crippen molar-refractivity contribution in [3.63, 3.8) is 0 Å². The minimum Gasteiger partial charge on any atom is -0.394 e. The van der Waals surface area contributed by atoms with Crippen LogP contribution in [0.1, 0.15) is 17.2 Å². The van der Waals surface area contributed by atoms with Crippen molar-refractivity contribution >= 4 is 22.9 Å². The molecule has 1 aromatic heterocycles. The van der Waals surface area contributed by atoms with E-state index in [4.69, 9.17) is 0 Å². The summed E-state index contributed by atoms with van der Waals surface area (Å²) in [7, 11) is 0. The van der Waals surface area contributed by atoms with Gasteiger partial charge in [-0.05, 0) is 29.3 Å². The molecule has 0 aliphatic rings. The number of fused-ring (bicyclic) bond motifs is 1. The van der Waals surface area contributed by atoms with Crippen molar-refractivity contribution in [1.29, 1.82) is 0 Å². The summed E-state index contributed by atoms with van der Waals surface area (Å²) in [5.74, 6) is -0.251. The van der Waals surface area contributed by atoms with E-state index in [0.29, 0.717) is 0 Å². The molecule has 0 radical (unpaired) electrons. The van der Waals surface area contributed by atoms with Crippen molar-refractivity contribution < 1.29 is 9.90 Å². The molecule has 0 bridgehead atoms. The zero-order chi connectivity index (χ0) is 16.8. The Balaban J connectivity index is 1.75. The maximum Gasteiger partial charge on any atom is 0.244 e. The monoisotopic (exact) mass is 318 g/mol. The predicted octanol–water partition coefficient (Wildman–Crippen LogP) is 3.10. The summed E-state index contributed by atoms with van der Waals surface area (Å²) in [5, 5.41) is 13.3. The number of benzene rings is 2. The van der Waals surface area contributed by atoms with Gasteiger partial charge >= 0.3 is 0 Å². The molecule has 120 valence electrons. The van der Waals surface area contributed by atoms with E-state index >= 15 is 0 Å². The standard InChI is InChI=1S/C20H18N2O2/c23-14-19(16-6-2-1-3-7-16)22-20(24)11-10-15-12-13-21-18-9-5-4-8-17(15)18/h1-13,19,23H,14H2,(H,22,24)/b11-10+. The van der Waals surface area contributed by atoms with E-state index in [1.54, 1.807) is 12.3 Å². The zero-order valence-electron chi connectivity index (χ0n) is 13.1. The highest BCUT2D eigenvalue weighted by molar-refractivity contribution is 5.95. The summed E-state index contributed by atoms with van der Waals surface area (Å²) in [6, 6.07) is 18.6. The topological polar surface area (TPSA) is 62.2 Å². The number of carbonyl (C=O) groups is 1. The summed E-state index contributed by atoms with van der Waals surface area (Å²) in [4.78, 5) is 16.5. The van der Waals surface area contributed by atoms with Gasteiger partial charge in [-0.2, -0.15) is 0 Å². The average Bonchev–Trinajstić information content (AvgIpc) is 2.65. The molecule has 1 unspecified atom stereocenters. The van der Waals surface area contributed by atoms with Crippen LogP contribution in [0.3, 0.4) is 0 Å². The Hall–Kier alpha value is -2.98. The van der Waals surface area contributed by atoms with E-state index in [2.05, 4.69) is 10.3 Å². The second-order valence-electron chi connectivity index (χ2n) is 5.41. The third-order valence-corrected chi connectivity index (χ3v) is 3.80. The Labute approximate surface area is 140 Å². The molecule has 2 N–H and O–H groups in total. The lowest BCUT2D eigenvalue weighted by molar-refractivity contribution is -0.117. The van der Waals surface area contributed by atoms with Gasteiger partial charge in [-0.25, -0.2) is 0 Å². The highest BCUT2D eigenvalue weighted by Gasteiger charge is 2.11. The number of nitrogens with zero attached hydrogens (tertiary/aromatic N) is 1. The Morgan fingerprint density at radius 3 is 2.62 bits per heavy atom. The number of pyridine rings is 1. The summed E-state index contributed by atoms with van der Waals surface area (Å²) in [6.07, 6.45) is 4.96. The maximum atomic E-state index is 12.2. The molecule has 1 amide bonds. The van der Waals surface area contributed by atoms with Crippen LogP contribution >= 0.6 is 0 Å². The number of carbonyl (C=O) groups excluding carboxylic acids is 1. The molecule has 3 aromatic rings. The first kappa shape index (κ1) is 15.9. The zero-order valence-corrected chi connectivity index (χ0v) is 13.1. The van der Waals surface area contributed by atoms with E-state index in [1.807, 2.05) is 60.7 Å². The molecular formula is C20H18N2O2. The molecule has 0 aliphatic heterocycles. The quantitative estimate of drug-likeness (QED) is 0.711. The molecule has 24 heavy (non-hydrogen) atoms. The van der Waals surface area contributed by atoms with E-state index in [9.17, 15) is 9.90 Å². The van der Waals surface area contributed by atoms with Gasteiger partial charge in [-0.3, -0.25) is 9.78 Å². The fourth-order valence-corrected chi connectivity index (χ4v) is 2.57. The van der Waals surface area contributed by atoms with E-state index in [1.165, 1.54) is 6.08 Å². The number of para-hydroxylation sites is 1. The van der Waals surface area contributed by atoms with E-state index < -0.39 is 6.04 Å². The van der Waals surface area contributed by atoms with Gasteiger partial charge in [0.2, 0.25) is 5.91 Å². The molecule has 2 aromatic carbocycles. The number of nitrogens with one attached hydrogen (secondary N) is 1. The lowest BCUT2D eigenvalue weighted by atomic mass is 10.1. The summed E-state index contributed by atoms with van der Waals surface area (Å²) < 4.78 is 0. The molecule has 3 rings (SSSR count). The van der Waals surface area contributed by atoms with Gasteiger partial charge in [0.25, 0.3) is 0 Å². The highest BCUT2D eigenvalue weighted by atomic mass is 16.3. The van der Waals surface area contributed by atoms with Crippen molar-refractivity contribution in [1.82, 2.24) is 10.3 Å². The SMILES string of the molecule is O=C(/C=C/c1ccnc2ccccc12)NC(CO)c1ccccc1. The van der Waals surface area contributed by atoms with Gasteiger partial charge in [-0.1, -0.05) is 48.5 Å². The lowest BCUT2D eigenvalue weighted by Gasteiger charge is -2.15. The molecule has 0 saturated carbocycles. The third kappa shape index (κ3) is 3.67. The smallest absolute Gasteiger partial charge is 0.244 e. The molecule has 1 heterocycles. The molecule has 4 heteroatoms. The van der Waals surface area contributed by atoms with Crippen LogP contribution in [0.5, 0.6) is 0 Å². The molecular weight excluding hydrogens is 300 g/mol. The number of aliphatic hydroxyl groups excluding tert-OH is 1. The van der Waals surface area contributed by atoms with Crippen molar-refractivity contribution in [2.24, 2.45) is 0 Å². The van der Waals surface area contributed by atoms with Crippen LogP contribution in [0.2, 0.25) is 0 Å². The van der Waals surface area contributed by atoms with Crippen LogP contribution in [0.15, 0.2) is 72.9 Å². The first-order valence-electron chi connectivity index (χ1n) is 7.76. The van der Waals surface area contributed by atoms with Crippen LogP contribution in [0, 0.1) is 0 Å². The molecule has 1 atom stereocenters. The largest absolute Gasteiger partial charge is 0.394 e. The number of aromatic nitrogens is 1. The predicted molar refractivity (Wildman–Crippen MR) is 95.2 cm³/mol. The Kier molecular flexibility index (Phi) is 4.99. The molecule has 4 nitrogen and oxygen atoms in total. The van der Waals surface area contributed by atoms with Crippen molar-refractivity contribution in [2.75, 3.05) is 6.61 Å². The maximum absolute atomic E-state index is 12.2.